The maximum absolute atomic E-state index is 13.0. The maximum Gasteiger partial charge on any atom is 0.319 e. The molecule has 1 aromatic carbocycles. The summed E-state index contributed by atoms with van der Waals surface area (Å²) in [7, 11) is 0. The summed E-state index contributed by atoms with van der Waals surface area (Å²) in [6.07, 6.45) is 1.43. The number of halogens is 1. The SMILES string of the molecule is Cc1cc(=O)n(CCNC(=O)Nc2cccc(F)c2)cn1. The second-order valence-corrected chi connectivity index (χ2v) is 4.45. The molecule has 1 aromatic heterocycles. The number of urea groups is 1. The molecule has 2 aromatic rings. The number of hydrogen-bond acceptors (Lipinski definition) is 3. The molecule has 0 atom stereocenters. The van der Waals surface area contributed by atoms with Crippen molar-refractivity contribution in [1.29, 1.82) is 0 Å². The van der Waals surface area contributed by atoms with Gasteiger partial charge in [-0.15, -0.1) is 0 Å². The normalized spacial score (nSPS) is 10.2. The van der Waals surface area contributed by atoms with Crippen molar-refractivity contribution in [2.24, 2.45) is 0 Å². The number of carbonyl (C=O) groups is 1. The fraction of sp³-hybridized carbons (Fsp3) is 0.214. The second-order valence-electron chi connectivity index (χ2n) is 4.45. The van der Waals surface area contributed by atoms with Gasteiger partial charge in [-0.25, -0.2) is 14.2 Å². The minimum atomic E-state index is -0.464. The minimum Gasteiger partial charge on any atom is -0.336 e. The summed E-state index contributed by atoms with van der Waals surface area (Å²) in [6.45, 7) is 2.30. The van der Waals surface area contributed by atoms with Crippen LogP contribution in [0.1, 0.15) is 5.69 Å². The van der Waals surface area contributed by atoms with E-state index in [0.29, 0.717) is 17.9 Å². The Balaban J connectivity index is 1.83. The first-order chi connectivity index (χ1) is 10.0. The highest BCUT2D eigenvalue weighted by Crippen LogP contribution is 2.08. The summed E-state index contributed by atoms with van der Waals surface area (Å²) in [5, 5.41) is 5.08. The van der Waals surface area contributed by atoms with Crippen LogP contribution in [-0.4, -0.2) is 22.1 Å². The Morgan fingerprint density at radius 2 is 2.19 bits per heavy atom. The van der Waals surface area contributed by atoms with Crippen molar-refractivity contribution >= 4 is 11.7 Å². The summed E-state index contributed by atoms with van der Waals surface area (Å²) < 4.78 is 14.3. The van der Waals surface area contributed by atoms with Crippen LogP contribution < -0.4 is 16.2 Å². The second kappa shape index (κ2) is 6.65. The fourth-order valence-electron chi connectivity index (χ4n) is 1.72. The molecule has 21 heavy (non-hydrogen) atoms. The Morgan fingerprint density at radius 1 is 1.38 bits per heavy atom. The van der Waals surface area contributed by atoms with Crippen molar-refractivity contribution in [3.63, 3.8) is 0 Å². The lowest BCUT2D eigenvalue weighted by Crippen LogP contribution is -2.33. The van der Waals surface area contributed by atoms with E-state index in [4.69, 9.17) is 0 Å². The predicted octanol–water partition coefficient (Wildman–Crippen LogP) is 1.51. The van der Waals surface area contributed by atoms with Gasteiger partial charge in [-0.05, 0) is 25.1 Å². The molecule has 2 N–H and O–H groups in total. The number of hydrogen-bond donors (Lipinski definition) is 2. The lowest BCUT2D eigenvalue weighted by Gasteiger charge is -2.09. The van der Waals surface area contributed by atoms with E-state index in [2.05, 4.69) is 15.6 Å². The molecule has 2 amide bonds. The number of rotatable bonds is 4. The number of aryl methyl sites for hydroxylation is 1. The van der Waals surface area contributed by atoms with E-state index in [1.54, 1.807) is 13.0 Å². The molecule has 110 valence electrons. The zero-order valence-electron chi connectivity index (χ0n) is 11.5. The highest BCUT2D eigenvalue weighted by molar-refractivity contribution is 5.89. The third-order valence-corrected chi connectivity index (χ3v) is 2.74. The summed E-state index contributed by atoms with van der Waals surface area (Å²) >= 11 is 0. The molecule has 0 fully saturated rings. The third-order valence-electron chi connectivity index (χ3n) is 2.74. The van der Waals surface area contributed by atoms with Gasteiger partial charge < -0.3 is 10.6 Å². The number of amides is 2. The van der Waals surface area contributed by atoms with Crippen LogP contribution in [0.4, 0.5) is 14.9 Å². The molecule has 0 spiro atoms. The molecule has 0 bridgehead atoms. The number of carbonyl (C=O) groups excluding carboxylic acids is 1. The van der Waals surface area contributed by atoms with E-state index in [-0.39, 0.29) is 12.1 Å². The van der Waals surface area contributed by atoms with Crippen molar-refractivity contribution < 1.29 is 9.18 Å². The van der Waals surface area contributed by atoms with Gasteiger partial charge >= 0.3 is 6.03 Å². The van der Waals surface area contributed by atoms with Crippen molar-refractivity contribution in [2.75, 3.05) is 11.9 Å². The van der Waals surface area contributed by atoms with Crippen molar-refractivity contribution in [3.8, 4) is 0 Å². The maximum atomic E-state index is 13.0. The topological polar surface area (TPSA) is 76.0 Å². The lowest BCUT2D eigenvalue weighted by atomic mass is 10.3. The van der Waals surface area contributed by atoms with E-state index in [9.17, 15) is 14.0 Å². The molecule has 0 saturated heterocycles. The summed E-state index contributed by atoms with van der Waals surface area (Å²) in [4.78, 5) is 27.2. The zero-order chi connectivity index (χ0) is 15.2. The van der Waals surface area contributed by atoms with Gasteiger partial charge in [0.05, 0.1) is 6.33 Å². The van der Waals surface area contributed by atoms with Crippen LogP contribution >= 0.6 is 0 Å². The van der Waals surface area contributed by atoms with Crippen LogP contribution in [0.3, 0.4) is 0 Å². The quantitative estimate of drug-likeness (QED) is 0.896. The number of aromatic nitrogens is 2. The molecule has 1 heterocycles. The van der Waals surface area contributed by atoms with Crippen LogP contribution in [-0.2, 0) is 6.54 Å². The van der Waals surface area contributed by atoms with E-state index in [1.807, 2.05) is 0 Å². The zero-order valence-corrected chi connectivity index (χ0v) is 11.5. The summed E-state index contributed by atoms with van der Waals surface area (Å²) in [5.74, 6) is -0.426. The summed E-state index contributed by atoms with van der Waals surface area (Å²) in [5.41, 5.74) is 0.838. The van der Waals surface area contributed by atoms with Gasteiger partial charge in [0.15, 0.2) is 0 Å². The molecule has 0 radical (unpaired) electrons. The third kappa shape index (κ3) is 4.41. The molecule has 0 aliphatic heterocycles. The Kier molecular flexibility index (Phi) is 4.65. The van der Waals surface area contributed by atoms with E-state index in [0.717, 1.165) is 0 Å². The lowest BCUT2D eigenvalue weighted by molar-refractivity contribution is 0.251. The van der Waals surface area contributed by atoms with Gasteiger partial charge in [0, 0.05) is 30.5 Å². The Morgan fingerprint density at radius 3 is 2.90 bits per heavy atom. The van der Waals surface area contributed by atoms with Gasteiger partial charge in [0.25, 0.3) is 5.56 Å². The highest BCUT2D eigenvalue weighted by Gasteiger charge is 2.03. The molecule has 0 aliphatic rings. The standard InChI is InChI=1S/C14H15FN4O2/c1-10-7-13(20)19(9-17-10)6-5-16-14(21)18-12-4-2-3-11(15)8-12/h2-4,7-9H,5-6H2,1H3,(H2,16,18,21). The fourth-order valence-corrected chi connectivity index (χ4v) is 1.72. The molecule has 2 rings (SSSR count). The van der Waals surface area contributed by atoms with E-state index < -0.39 is 11.8 Å². The number of nitrogens with one attached hydrogen (secondary N) is 2. The highest BCUT2D eigenvalue weighted by atomic mass is 19.1. The molecular weight excluding hydrogens is 275 g/mol. The van der Waals surface area contributed by atoms with E-state index in [1.165, 1.54) is 35.2 Å². The Hall–Kier alpha value is -2.70. The van der Waals surface area contributed by atoms with Crippen molar-refractivity contribution in [2.45, 2.75) is 13.5 Å². The van der Waals surface area contributed by atoms with Crippen LogP contribution in [0, 0.1) is 12.7 Å². The first-order valence-corrected chi connectivity index (χ1v) is 6.38. The molecule has 0 saturated carbocycles. The van der Waals surface area contributed by atoms with Gasteiger partial charge in [0.2, 0.25) is 0 Å². The predicted molar refractivity (Wildman–Crippen MR) is 76.7 cm³/mol. The van der Waals surface area contributed by atoms with E-state index >= 15 is 0 Å². The van der Waals surface area contributed by atoms with Crippen molar-refractivity contribution in [3.05, 3.63) is 58.5 Å². The molecular formula is C14H15FN4O2. The number of nitrogens with zero attached hydrogens (tertiary/aromatic N) is 2. The van der Waals surface area contributed by atoms with Gasteiger partial charge in [0.1, 0.15) is 5.82 Å². The van der Waals surface area contributed by atoms with Crippen molar-refractivity contribution in [1.82, 2.24) is 14.9 Å². The van der Waals surface area contributed by atoms with Gasteiger partial charge in [-0.3, -0.25) is 9.36 Å². The average molecular weight is 290 g/mol. The van der Waals surface area contributed by atoms with Gasteiger partial charge in [-0.1, -0.05) is 6.07 Å². The number of anilines is 1. The molecule has 6 nitrogen and oxygen atoms in total. The molecule has 0 aliphatic carbocycles. The monoisotopic (exact) mass is 290 g/mol. The first kappa shape index (κ1) is 14.7. The minimum absolute atomic E-state index is 0.171. The Labute approximate surface area is 120 Å². The smallest absolute Gasteiger partial charge is 0.319 e. The van der Waals surface area contributed by atoms with Crippen LogP contribution in [0.15, 0.2) is 41.5 Å². The van der Waals surface area contributed by atoms with Crippen LogP contribution in [0.25, 0.3) is 0 Å². The van der Waals surface area contributed by atoms with Crippen LogP contribution in [0.5, 0.6) is 0 Å². The summed E-state index contributed by atoms with van der Waals surface area (Å²) in [6, 6.07) is 6.55. The molecule has 7 heteroatoms. The first-order valence-electron chi connectivity index (χ1n) is 6.38. The Bertz CT molecular complexity index is 699. The molecule has 0 unspecified atom stereocenters. The largest absolute Gasteiger partial charge is 0.336 e. The van der Waals surface area contributed by atoms with Gasteiger partial charge in [-0.2, -0.15) is 0 Å². The average Bonchev–Trinajstić information content (AvgIpc) is 2.41. The van der Waals surface area contributed by atoms with Crippen LogP contribution in [0.2, 0.25) is 0 Å². The number of benzene rings is 1.